The number of hydrogen-bond donors (Lipinski definition) is 2. The highest BCUT2D eigenvalue weighted by Gasteiger charge is 2.09. The van der Waals surface area contributed by atoms with Gasteiger partial charge in [-0.15, -0.1) is 0 Å². The van der Waals surface area contributed by atoms with Gasteiger partial charge >= 0.3 is 6.03 Å². The molecule has 1 aromatic carbocycles. The summed E-state index contributed by atoms with van der Waals surface area (Å²) in [5.41, 5.74) is 0.736. The van der Waals surface area contributed by atoms with Gasteiger partial charge in [-0.1, -0.05) is 11.6 Å². The number of halogens is 1. The van der Waals surface area contributed by atoms with Crippen LogP contribution in [0.2, 0.25) is 5.02 Å². The Morgan fingerprint density at radius 2 is 1.95 bits per heavy atom. The molecule has 2 amide bonds. The van der Waals surface area contributed by atoms with Crippen molar-refractivity contribution in [3.05, 3.63) is 29.3 Å². The molecule has 6 heteroatoms. The zero-order valence-corrected chi connectivity index (χ0v) is 12.2. The SMILES string of the molecule is O=C(NCCCN1CCOCC1)Nc1ccc(Cl)cc1. The number of nitrogens with zero attached hydrogens (tertiary/aromatic N) is 1. The molecule has 0 atom stereocenters. The number of anilines is 1. The van der Waals surface area contributed by atoms with Gasteiger partial charge in [0.2, 0.25) is 0 Å². The minimum Gasteiger partial charge on any atom is -0.379 e. The van der Waals surface area contributed by atoms with Crippen LogP contribution in [0.3, 0.4) is 0 Å². The van der Waals surface area contributed by atoms with Crippen molar-refractivity contribution >= 4 is 23.3 Å². The number of urea groups is 1. The van der Waals surface area contributed by atoms with E-state index < -0.39 is 0 Å². The van der Waals surface area contributed by atoms with Gasteiger partial charge in [0, 0.05) is 30.3 Å². The van der Waals surface area contributed by atoms with E-state index in [-0.39, 0.29) is 6.03 Å². The number of carbonyl (C=O) groups is 1. The summed E-state index contributed by atoms with van der Waals surface area (Å²) in [4.78, 5) is 14.0. The van der Waals surface area contributed by atoms with Crippen molar-refractivity contribution in [3.8, 4) is 0 Å². The topological polar surface area (TPSA) is 53.6 Å². The Morgan fingerprint density at radius 1 is 1.25 bits per heavy atom. The second-order valence-corrected chi connectivity index (χ2v) is 5.13. The molecule has 20 heavy (non-hydrogen) atoms. The van der Waals surface area contributed by atoms with E-state index in [1.165, 1.54) is 0 Å². The summed E-state index contributed by atoms with van der Waals surface area (Å²) in [5.74, 6) is 0. The molecule has 0 unspecified atom stereocenters. The predicted molar refractivity (Wildman–Crippen MR) is 80.3 cm³/mol. The van der Waals surface area contributed by atoms with Gasteiger partial charge < -0.3 is 15.4 Å². The third-order valence-corrected chi connectivity index (χ3v) is 3.39. The summed E-state index contributed by atoms with van der Waals surface area (Å²) in [6, 6.07) is 6.85. The van der Waals surface area contributed by atoms with Crippen molar-refractivity contribution in [2.45, 2.75) is 6.42 Å². The number of rotatable bonds is 5. The molecule has 0 saturated carbocycles. The third-order valence-electron chi connectivity index (χ3n) is 3.14. The lowest BCUT2D eigenvalue weighted by Crippen LogP contribution is -2.38. The Labute approximate surface area is 124 Å². The predicted octanol–water partition coefficient (Wildman–Crippen LogP) is 2.18. The fourth-order valence-electron chi connectivity index (χ4n) is 2.04. The van der Waals surface area contributed by atoms with Gasteiger partial charge in [-0.25, -0.2) is 4.79 Å². The molecule has 2 rings (SSSR count). The summed E-state index contributed by atoms with van der Waals surface area (Å²) in [5, 5.41) is 6.26. The van der Waals surface area contributed by atoms with Crippen molar-refractivity contribution in [1.82, 2.24) is 10.2 Å². The number of amides is 2. The number of ether oxygens (including phenoxy) is 1. The van der Waals surface area contributed by atoms with Gasteiger partial charge in [0.1, 0.15) is 0 Å². The van der Waals surface area contributed by atoms with Crippen molar-refractivity contribution in [3.63, 3.8) is 0 Å². The van der Waals surface area contributed by atoms with Crippen LogP contribution in [0, 0.1) is 0 Å². The molecule has 5 nitrogen and oxygen atoms in total. The standard InChI is InChI=1S/C14H20ClN3O2/c15-12-2-4-13(5-3-12)17-14(19)16-6-1-7-18-8-10-20-11-9-18/h2-5H,1,6-11H2,(H2,16,17,19). The average molecular weight is 298 g/mol. The lowest BCUT2D eigenvalue weighted by Gasteiger charge is -2.26. The van der Waals surface area contributed by atoms with Crippen LogP contribution in [0.25, 0.3) is 0 Å². The smallest absolute Gasteiger partial charge is 0.319 e. The van der Waals surface area contributed by atoms with Gasteiger partial charge in [0.05, 0.1) is 13.2 Å². The first-order chi connectivity index (χ1) is 9.74. The van der Waals surface area contributed by atoms with Crippen LogP contribution < -0.4 is 10.6 Å². The van der Waals surface area contributed by atoms with E-state index in [0.717, 1.165) is 45.0 Å². The van der Waals surface area contributed by atoms with E-state index in [2.05, 4.69) is 15.5 Å². The Hall–Kier alpha value is -1.30. The number of carbonyl (C=O) groups excluding carboxylic acids is 1. The summed E-state index contributed by atoms with van der Waals surface area (Å²) >= 11 is 5.78. The second kappa shape index (κ2) is 8.09. The molecule has 0 aliphatic carbocycles. The van der Waals surface area contributed by atoms with Gasteiger partial charge in [-0.05, 0) is 37.2 Å². The lowest BCUT2D eigenvalue weighted by molar-refractivity contribution is 0.0375. The molecule has 1 fully saturated rings. The van der Waals surface area contributed by atoms with Crippen LogP contribution >= 0.6 is 11.6 Å². The minimum atomic E-state index is -0.186. The zero-order valence-electron chi connectivity index (χ0n) is 11.4. The monoisotopic (exact) mass is 297 g/mol. The van der Waals surface area contributed by atoms with E-state index in [0.29, 0.717) is 11.6 Å². The largest absolute Gasteiger partial charge is 0.379 e. The van der Waals surface area contributed by atoms with E-state index in [1.807, 2.05) is 0 Å². The maximum absolute atomic E-state index is 11.7. The molecule has 2 N–H and O–H groups in total. The van der Waals surface area contributed by atoms with E-state index >= 15 is 0 Å². The maximum atomic E-state index is 11.7. The van der Waals surface area contributed by atoms with E-state index in [9.17, 15) is 4.79 Å². The molecule has 0 bridgehead atoms. The Balaban J connectivity index is 1.59. The van der Waals surface area contributed by atoms with Crippen LogP contribution in [-0.2, 0) is 4.74 Å². The molecule has 1 aromatic rings. The number of nitrogens with one attached hydrogen (secondary N) is 2. The fraction of sp³-hybridized carbons (Fsp3) is 0.500. The van der Waals surface area contributed by atoms with Crippen LogP contribution in [0.4, 0.5) is 10.5 Å². The molecule has 0 spiro atoms. The van der Waals surface area contributed by atoms with E-state index in [1.54, 1.807) is 24.3 Å². The van der Waals surface area contributed by atoms with Crippen LogP contribution in [-0.4, -0.2) is 50.3 Å². The molecular formula is C14H20ClN3O2. The maximum Gasteiger partial charge on any atom is 0.319 e. The summed E-state index contributed by atoms with van der Waals surface area (Å²) in [6.07, 6.45) is 0.939. The van der Waals surface area contributed by atoms with Crippen LogP contribution in [0.5, 0.6) is 0 Å². The molecule has 1 saturated heterocycles. The van der Waals surface area contributed by atoms with Crippen molar-refractivity contribution < 1.29 is 9.53 Å². The lowest BCUT2D eigenvalue weighted by atomic mass is 10.3. The highest BCUT2D eigenvalue weighted by Crippen LogP contribution is 2.12. The summed E-state index contributed by atoms with van der Waals surface area (Å²) in [6.45, 7) is 5.24. The summed E-state index contributed by atoms with van der Waals surface area (Å²) in [7, 11) is 0. The molecule has 110 valence electrons. The number of morpholine rings is 1. The van der Waals surface area contributed by atoms with Gasteiger partial charge in [-0.3, -0.25) is 4.90 Å². The Bertz CT molecular complexity index is 419. The minimum absolute atomic E-state index is 0.186. The number of hydrogen-bond acceptors (Lipinski definition) is 3. The first kappa shape index (κ1) is 15.1. The molecule has 1 aliphatic rings. The average Bonchev–Trinajstić information content (AvgIpc) is 2.47. The normalized spacial score (nSPS) is 15.8. The molecular weight excluding hydrogens is 278 g/mol. The van der Waals surface area contributed by atoms with Crippen LogP contribution in [0.1, 0.15) is 6.42 Å². The van der Waals surface area contributed by atoms with Gasteiger partial charge in [0.15, 0.2) is 0 Å². The Morgan fingerprint density at radius 3 is 2.65 bits per heavy atom. The molecule has 1 aliphatic heterocycles. The quantitative estimate of drug-likeness (QED) is 0.819. The van der Waals surface area contributed by atoms with Crippen molar-refractivity contribution in [2.75, 3.05) is 44.7 Å². The fourth-order valence-corrected chi connectivity index (χ4v) is 2.16. The highest BCUT2D eigenvalue weighted by atomic mass is 35.5. The van der Waals surface area contributed by atoms with Crippen molar-refractivity contribution in [2.24, 2.45) is 0 Å². The first-order valence-corrected chi connectivity index (χ1v) is 7.22. The van der Waals surface area contributed by atoms with Crippen LogP contribution in [0.15, 0.2) is 24.3 Å². The first-order valence-electron chi connectivity index (χ1n) is 6.84. The molecule has 0 radical (unpaired) electrons. The molecule has 1 heterocycles. The number of benzene rings is 1. The summed E-state index contributed by atoms with van der Waals surface area (Å²) < 4.78 is 5.29. The van der Waals surface area contributed by atoms with Gasteiger partial charge in [0.25, 0.3) is 0 Å². The van der Waals surface area contributed by atoms with Gasteiger partial charge in [-0.2, -0.15) is 0 Å². The highest BCUT2D eigenvalue weighted by molar-refractivity contribution is 6.30. The third kappa shape index (κ3) is 5.36. The zero-order chi connectivity index (χ0) is 14.2. The molecule has 0 aromatic heterocycles. The second-order valence-electron chi connectivity index (χ2n) is 4.70. The Kier molecular flexibility index (Phi) is 6.11. The van der Waals surface area contributed by atoms with Crippen molar-refractivity contribution in [1.29, 1.82) is 0 Å². The van der Waals surface area contributed by atoms with E-state index in [4.69, 9.17) is 16.3 Å².